The summed E-state index contributed by atoms with van der Waals surface area (Å²) >= 11 is 0. The Morgan fingerprint density at radius 2 is 1.48 bits per heavy atom. The summed E-state index contributed by atoms with van der Waals surface area (Å²) in [5, 5.41) is 0. The molecule has 1 amide bonds. The van der Waals surface area contributed by atoms with Crippen molar-refractivity contribution in [1.82, 2.24) is 4.90 Å². The van der Waals surface area contributed by atoms with E-state index >= 15 is 0 Å². The van der Waals surface area contributed by atoms with Crippen LogP contribution in [0.2, 0.25) is 0 Å². The van der Waals surface area contributed by atoms with E-state index in [-0.39, 0.29) is 11.7 Å². The van der Waals surface area contributed by atoms with Gasteiger partial charge in [0.15, 0.2) is 5.78 Å². The molecule has 3 heteroatoms. The van der Waals surface area contributed by atoms with Crippen molar-refractivity contribution in [2.45, 2.75) is 26.7 Å². The third-order valence-electron chi connectivity index (χ3n) is 4.25. The third-order valence-corrected chi connectivity index (χ3v) is 4.25. The molecule has 3 nitrogen and oxygen atoms in total. The van der Waals surface area contributed by atoms with Crippen LogP contribution in [-0.4, -0.2) is 29.7 Å². The minimum absolute atomic E-state index is 0.0165. The predicted molar refractivity (Wildman–Crippen MR) is 91.8 cm³/mol. The van der Waals surface area contributed by atoms with E-state index in [0.717, 1.165) is 37.1 Å². The Morgan fingerprint density at radius 3 is 2.13 bits per heavy atom. The van der Waals surface area contributed by atoms with Crippen molar-refractivity contribution < 1.29 is 9.59 Å². The lowest BCUT2D eigenvalue weighted by atomic mass is 9.98. The monoisotopic (exact) mass is 307 g/mol. The molecule has 23 heavy (non-hydrogen) atoms. The molecule has 0 atom stereocenters. The number of nitrogens with zero attached hydrogens (tertiary/aromatic N) is 1. The normalized spacial score (nSPS) is 12.0. The molecule has 1 aliphatic rings. The molecule has 0 aliphatic heterocycles. The summed E-state index contributed by atoms with van der Waals surface area (Å²) in [5.41, 5.74) is 3.66. The van der Waals surface area contributed by atoms with Crippen LogP contribution < -0.4 is 0 Å². The van der Waals surface area contributed by atoms with E-state index in [0.29, 0.717) is 16.7 Å². The van der Waals surface area contributed by atoms with Crippen molar-refractivity contribution in [1.29, 1.82) is 0 Å². The van der Waals surface area contributed by atoms with E-state index < -0.39 is 0 Å². The standard InChI is InChI=1S/C20H21NO2/c1-3-12-21(13-4-2)20(23)17-11-7-10-16-18(17)14-8-5-6-9-15(14)19(16)22/h5-11H,3-4,12-13H2,1-2H3. The van der Waals surface area contributed by atoms with E-state index in [2.05, 4.69) is 13.8 Å². The maximum absolute atomic E-state index is 13.0. The number of benzene rings is 2. The molecule has 0 unspecified atom stereocenters. The molecule has 3 rings (SSSR count). The van der Waals surface area contributed by atoms with Gasteiger partial charge in [-0.05, 0) is 24.5 Å². The number of hydrogen-bond acceptors (Lipinski definition) is 2. The molecule has 2 aromatic carbocycles. The quantitative estimate of drug-likeness (QED) is 0.710. The van der Waals surface area contributed by atoms with Crippen LogP contribution in [0.15, 0.2) is 42.5 Å². The van der Waals surface area contributed by atoms with E-state index in [4.69, 9.17) is 0 Å². The van der Waals surface area contributed by atoms with Crippen molar-refractivity contribution in [3.63, 3.8) is 0 Å². The first kappa shape index (κ1) is 15.5. The largest absolute Gasteiger partial charge is 0.339 e. The Morgan fingerprint density at radius 1 is 0.870 bits per heavy atom. The molecule has 0 saturated heterocycles. The molecule has 0 heterocycles. The Balaban J connectivity index is 2.11. The molecule has 0 fully saturated rings. The van der Waals surface area contributed by atoms with Crippen molar-refractivity contribution in [3.8, 4) is 11.1 Å². The minimum atomic E-state index is 0.0165. The van der Waals surface area contributed by atoms with Gasteiger partial charge >= 0.3 is 0 Å². The van der Waals surface area contributed by atoms with E-state index in [1.54, 1.807) is 0 Å². The number of rotatable bonds is 5. The van der Waals surface area contributed by atoms with Gasteiger partial charge in [-0.25, -0.2) is 0 Å². The summed E-state index contributed by atoms with van der Waals surface area (Å²) < 4.78 is 0. The second kappa shape index (κ2) is 6.37. The summed E-state index contributed by atoms with van der Waals surface area (Å²) in [6.45, 7) is 5.63. The summed E-state index contributed by atoms with van der Waals surface area (Å²) in [6.07, 6.45) is 1.85. The Bertz CT molecular complexity index is 758. The Labute approximate surface area is 136 Å². The Kier molecular flexibility index (Phi) is 4.28. The van der Waals surface area contributed by atoms with E-state index in [1.165, 1.54) is 0 Å². The molecule has 0 saturated carbocycles. The average molecular weight is 307 g/mol. The Hall–Kier alpha value is -2.42. The predicted octanol–water partition coefficient (Wildman–Crippen LogP) is 4.16. The van der Waals surface area contributed by atoms with Crippen molar-refractivity contribution in [2.75, 3.05) is 13.1 Å². The molecule has 0 aromatic heterocycles. The first-order valence-corrected chi connectivity index (χ1v) is 8.25. The number of hydrogen-bond donors (Lipinski definition) is 0. The summed E-state index contributed by atoms with van der Waals surface area (Å²) in [5.74, 6) is 0.0397. The molecular weight excluding hydrogens is 286 g/mol. The number of amides is 1. The first-order chi connectivity index (χ1) is 11.2. The highest BCUT2D eigenvalue weighted by Crippen LogP contribution is 2.39. The van der Waals surface area contributed by atoms with Gasteiger partial charge in [-0.3, -0.25) is 9.59 Å². The van der Waals surface area contributed by atoms with Crippen LogP contribution in [0.3, 0.4) is 0 Å². The third kappa shape index (κ3) is 2.56. The van der Waals surface area contributed by atoms with Crippen molar-refractivity contribution >= 4 is 11.7 Å². The number of ketones is 1. The van der Waals surface area contributed by atoms with Gasteiger partial charge in [-0.2, -0.15) is 0 Å². The molecule has 0 radical (unpaired) electrons. The second-order valence-corrected chi connectivity index (χ2v) is 5.90. The highest BCUT2D eigenvalue weighted by molar-refractivity contribution is 6.24. The van der Waals surface area contributed by atoms with Gasteiger partial charge in [0.2, 0.25) is 0 Å². The molecule has 1 aliphatic carbocycles. The minimum Gasteiger partial charge on any atom is -0.339 e. The van der Waals surface area contributed by atoms with Crippen LogP contribution in [0, 0.1) is 0 Å². The van der Waals surface area contributed by atoms with Gasteiger partial charge in [0, 0.05) is 35.3 Å². The smallest absolute Gasteiger partial charge is 0.254 e. The fourth-order valence-electron chi connectivity index (χ4n) is 3.28. The van der Waals surface area contributed by atoms with E-state index in [1.807, 2.05) is 47.4 Å². The number of carbonyl (C=O) groups is 2. The fraction of sp³-hybridized carbons (Fsp3) is 0.300. The lowest BCUT2D eigenvalue weighted by Gasteiger charge is -2.22. The van der Waals surface area contributed by atoms with Gasteiger partial charge in [0.1, 0.15) is 0 Å². The first-order valence-electron chi connectivity index (χ1n) is 8.25. The van der Waals surface area contributed by atoms with Crippen LogP contribution in [0.4, 0.5) is 0 Å². The van der Waals surface area contributed by atoms with Crippen molar-refractivity contribution in [2.24, 2.45) is 0 Å². The summed E-state index contributed by atoms with van der Waals surface area (Å²) in [7, 11) is 0. The maximum Gasteiger partial charge on any atom is 0.254 e. The van der Waals surface area contributed by atoms with Crippen LogP contribution in [0.5, 0.6) is 0 Å². The average Bonchev–Trinajstić information content (AvgIpc) is 2.88. The molecule has 0 N–H and O–H groups in total. The highest BCUT2D eigenvalue weighted by atomic mass is 16.2. The van der Waals surface area contributed by atoms with Crippen LogP contribution >= 0.6 is 0 Å². The topological polar surface area (TPSA) is 37.4 Å². The zero-order valence-corrected chi connectivity index (χ0v) is 13.6. The number of fused-ring (bicyclic) bond motifs is 3. The molecule has 118 valence electrons. The van der Waals surface area contributed by atoms with E-state index in [9.17, 15) is 9.59 Å². The van der Waals surface area contributed by atoms with Gasteiger partial charge in [0.05, 0.1) is 0 Å². The highest BCUT2D eigenvalue weighted by Gasteiger charge is 2.31. The lowest BCUT2D eigenvalue weighted by Crippen LogP contribution is -2.32. The van der Waals surface area contributed by atoms with Crippen molar-refractivity contribution in [3.05, 3.63) is 59.2 Å². The molecule has 0 bridgehead atoms. The molecule has 2 aromatic rings. The van der Waals surface area contributed by atoms with Gasteiger partial charge < -0.3 is 4.90 Å². The van der Waals surface area contributed by atoms with Crippen LogP contribution in [0.1, 0.15) is 53.0 Å². The zero-order chi connectivity index (χ0) is 16.4. The number of carbonyl (C=O) groups excluding carboxylic acids is 2. The maximum atomic E-state index is 13.0. The van der Waals surface area contributed by atoms with Gasteiger partial charge in [-0.15, -0.1) is 0 Å². The van der Waals surface area contributed by atoms with Crippen LogP contribution in [0.25, 0.3) is 11.1 Å². The van der Waals surface area contributed by atoms with Gasteiger partial charge in [-0.1, -0.05) is 50.2 Å². The molecule has 0 spiro atoms. The zero-order valence-electron chi connectivity index (χ0n) is 13.6. The second-order valence-electron chi connectivity index (χ2n) is 5.90. The van der Waals surface area contributed by atoms with Gasteiger partial charge in [0.25, 0.3) is 5.91 Å². The van der Waals surface area contributed by atoms with Crippen LogP contribution in [-0.2, 0) is 0 Å². The summed E-state index contributed by atoms with van der Waals surface area (Å²) in [6, 6.07) is 13.0. The fourth-order valence-corrected chi connectivity index (χ4v) is 3.28. The molecular formula is C20H21NO2. The lowest BCUT2D eigenvalue weighted by molar-refractivity contribution is 0.0756. The summed E-state index contributed by atoms with van der Waals surface area (Å²) in [4.78, 5) is 27.5. The SMILES string of the molecule is CCCN(CCC)C(=O)c1cccc2c1-c1ccccc1C2=O.